The molecule has 182 valence electrons. The minimum atomic E-state index is -0.843. The van der Waals surface area contributed by atoms with Gasteiger partial charge in [-0.15, -0.1) is 0 Å². The van der Waals surface area contributed by atoms with E-state index in [9.17, 15) is 9.90 Å². The zero-order valence-electron chi connectivity index (χ0n) is 20.1. The number of rotatable bonds is 9. The molecule has 1 N–H and O–H groups in total. The second kappa shape index (κ2) is 10.9. The van der Waals surface area contributed by atoms with E-state index in [-0.39, 0.29) is 24.4 Å². The summed E-state index contributed by atoms with van der Waals surface area (Å²) in [7, 11) is 0. The first kappa shape index (κ1) is 24.0. The van der Waals surface area contributed by atoms with Gasteiger partial charge in [0.15, 0.2) is 0 Å². The lowest BCUT2D eigenvalue weighted by molar-refractivity contribution is -0.118. The van der Waals surface area contributed by atoms with Gasteiger partial charge in [0.2, 0.25) is 0 Å². The molecule has 4 heteroatoms. The fourth-order valence-electron chi connectivity index (χ4n) is 5.05. The molecule has 4 aromatic carbocycles. The van der Waals surface area contributed by atoms with E-state index in [0.717, 1.165) is 16.7 Å². The van der Waals surface area contributed by atoms with Gasteiger partial charge in [-0.1, -0.05) is 109 Å². The molecule has 1 aliphatic carbocycles. The van der Waals surface area contributed by atoms with Crippen molar-refractivity contribution in [2.24, 2.45) is 11.8 Å². The van der Waals surface area contributed by atoms with Gasteiger partial charge in [0.1, 0.15) is 5.60 Å². The average molecular weight is 479 g/mol. The number of carbonyl (C=O) groups is 1. The lowest BCUT2D eigenvalue weighted by Crippen LogP contribution is -2.48. The van der Waals surface area contributed by atoms with E-state index in [0.29, 0.717) is 18.6 Å². The Hall–Kier alpha value is -3.73. The summed E-state index contributed by atoms with van der Waals surface area (Å²) in [6.45, 7) is 0.585. The van der Waals surface area contributed by atoms with Gasteiger partial charge in [-0.3, -0.25) is 0 Å². The molecule has 0 aromatic heterocycles. The molecule has 0 spiro atoms. The first-order valence-electron chi connectivity index (χ1n) is 12.4. The summed E-state index contributed by atoms with van der Waals surface area (Å²) in [5, 5.41) is 10.6. The normalized spacial score (nSPS) is 19.3. The van der Waals surface area contributed by atoms with Gasteiger partial charge >= 0.3 is 5.97 Å². The molecule has 1 aliphatic rings. The molecule has 0 heterocycles. The molecule has 0 aliphatic heterocycles. The minimum absolute atomic E-state index is 0.0349. The number of esters is 1. The first-order valence-corrected chi connectivity index (χ1v) is 12.4. The van der Waals surface area contributed by atoms with Crippen LogP contribution in [-0.2, 0) is 15.1 Å². The number of carbonyl (C=O) groups excluding carboxylic acids is 1. The number of aliphatic hydroxyl groups is 1. The van der Waals surface area contributed by atoms with Gasteiger partial charge in [-0.2, -0.15) is 0 Å². The smallest absolute Gasteiger partial charge is 0.338 e. The van der Waals surface area contributed by atoms with Gasteiger partial charge < -0.3 is 14.6 Å². The largest absolute Gasteiger partial charge is 0.462 e. The van der Waals surface area contributed by atoms with Crippen LogP contribution >= 0.6 is 0 Å². The van der Waals surface area contributed by atoms with E-state index in [4.69, 9.17) is 9.47 Å². The fraction of sp³-hybridized carbons (Fsp3) is 0.219. The Morgan fingerprint density at radius 3 is 1.58 bits per heavy atom. The number of benzene rings is 4. The molecule has 1 saturated carbocycles. The Balaban J connectivity index is 1.40. The predicted octanol–water partition coefficient (Wildman–Crippen LogP) is 5.85. The van der Waals surface area contributed by atoms with Crippen LogP contribution in [0.1, 0.15) is 33.5 Å². The average Bonchev–Trinajstić information content (AvgIpc) is 2.95. The van der Waals surface area contributed by atoms with Crippen molar-refractivity contribution in [2.45, 2.75) is 18.1 Å². The first-order chi connectivity index (χ1) is 17.7. The maximum absolute atomic E-state index is 12.4. The van der Waals surface area contributed by atoms with Crippen LogP contribution < -0.4 is 0 Å². The summed E-state index contributed by atoms with van der Waals surface area (Å²) < 4.78 is 12.5. The molecule has 0 saturated heterocycles. The summed E-state index contributed by atoms with van der Waals surface area (Å²) in [5.74, 6) is -0.444. The van der Waals surface area contributed by atoms with E-state index in [1.807, 2.05) is 72.8 Å². The highest BCUT2D eigenvalue weighted by Gasteiger charge is 2.44. The van der Waals surface area contributed by atoms with Crippen molar-refractivity contribution in [1.82, 2.24) is 0 Å². The number of ether oxygens (including phenoxy) is 2. The second-order valence-corrected chi connectivity index (χ2v) is 9.28. The molecule has 1 fully saturated rings. The Morgan fingerprint density at radius 1 is 0.694 bits per heavy atom. The van der Waals surface area contributed by atoms with Gasteiger partial charge in [-0.25, -0.2) is 4.79 Å². The molecule has 0 unspecified atom stereocenters. The Bertz CT molecular complexity index is 1150. The standard InChI is InChI=1S/C32H30O4/c33-30-21-25(22-35-31(34)24-13-5-1-6-14-24)29(30)23-36-32(26-15-7-2-8-16-26,27-17-9-3-10-18-27)28-19-11-4-12-20-28/h1-20,25,29-30,33H,21-23H2/t25-,29-,30+/m1/s1. The van der Waals surface area contributed by atoms with Crippen LogP contribution in [0.25, 0.3) is 0 Å². The number of hydrogen-bond acceptors (Lipinski definition) is 4. The lowest BCUT2D eigenvalue weighted by Gasteiger charge is -2.44. The molecule has 4 nitrogen and oxygen atoms in total. The van der Waals surface area contributed by atoms with Crippen LogP contribution in [0, 0.1) is 11.8 Å². The van der Waals surface area contributed by atoms with E-state index < -0.39 is 11.7 Å². The van der Waals surface area contributed by atoms with Gasteiger partial charge in [0, 0.05) is 11.8 Å². The molecule has 0 radical (unpaired) electrons. The van der Waals surface area contributed by atoms with Crippen LogP contribution in [0.4, 0.5) is 0 Å². The Morgan fingerprint density at radius 2 is 1.14 bits per heavy atom. The van der Waals surface area contributed by atoms with Crippen LogP contribution in [0.15, 0.2) is 121 Å². The summed E-state index contributed by atoms with van der Waals surface area (Å²) >= 11 is 0. The van der Waals surface area contributed by atoms with E-state index in [1.165, 1.54) is 0 Å². The van der Waals surface area contributed by atoms with E-state index in [1.54, 1.807) is 12.1 Å². The van der Waals surface area contributed by atoms with Crippen molar-refractivity contribution in [2.75, 3.05) is 13.2 Å². The van der Waals surface area contributed by atoms with Crippen molar-refractivity contribution < 1.29 is 19.4 Å². The summed E-state index contributed by atoms with van der Waals surface area (Å²) in [6, 6.07) is 39.6. The molecule has 0 amide bonds. The van der Waals surface area contributed by atoms with E-state index in [2.05, 4.69) is 36.4 Å². The zero-order chi connectivity index (χ0) is 24.8. The molecule has 3 atom stereocenters. The predicted molar refractivity (Wildman–Crippen MR) is 139 cm³/mol. The van der Waals surface area contributed by atoms with Crippen molar-refractivity contribution in [3.05, 3.63) is 144 Å². The highest BCUT2D eigenvalue weighted by Crippen LogP contribution is 2.43. The van der Waals surface area contributed by atoms with Crippen LogP contribution in [-0.4, -0.2) is 30.4 Å². The third kappa shape index (κ3) is 4.83. The number of hydrogen-bond donors (Lipinski definition) is 1. The van der Waals surface area contributed by atoms with Crippen molar-refractivity contribution in [1.29, 1.82) is 0 Å². The second-order valence-electron chi connectivity index (χ2n) is 9.28. The van der Waals surface area contributed by atoms with Crippen molar-refractivity contribution >= 4 is 5.97 Å². The lowest BCUT2D eigenvalue weighted by atomic mass is 9.71. The fourth-order valence-corrected chi connectivity index (χ4v) is 5.05. The van der Waals surface area contributed by atoms with Crippen molar-refractivity contribution in [3.63, 3.8) is 0 Å². The molecule has 5 rings (SSSR count). The SMILES string of the molecule is O=C(OC[C@H]1C[C@H](O)[C@@H]1COC(c1ccccc1)(c1ccccc1)c1ccccc1)c1ccccc1. The quantitative estimate of drug-likeness (QED) is 0.242. The third-order valence-electron chi connectivity index (χ3n) is 7.12. The van der Waals surface area contributed by atoms with E-state index >= 15 is 0 Å². The summed E-state index contributed by atoms with van der Waals surface area (Å²) in [6.07, 6.45) is 0.0934. The third-order valence-corrected chi connectivity index (χ3v) is 7.12. The number of aliphatic hydroxyl groups excluding tert-OH is 1. The monoisotopic (exact) mass is 478 g/mol. The molecular weight excluding hydrogens is 448 g/mol. The van der Waals surface area contributed by atoms with Gasteiger partial charge in [-0.05, 0) is 35.2 Å². The maximum Gasteiger partial charge on any atom is 0.338 e. The molecule has 0 bridgehead atoms. The highest BCUT2D eigenvalue weighted by atomic mass is 16.5. The zero-order valence-corrected chi connectivity index (χ0v) is 20.1. The Labute approximate surface area is 212 Å². The molecular formula is C32H30O4. The summed E-state index contributed by atoms with van der Waals surface area (Å²) in [5.41, 5.74) is 2.74. The molecule has 4 aromatic rings. The van der Waals surface area contributed by atoms with Crippen molar-refractivity contribution in [3.8, 4) is 0 Å². The van der Waals surface area contributed by atoms with Crippen LogP contribution in [0.5, 0.6) is 0 Å². The van der Waals surface area contributed by atoms with Gasteiger partial charge in [0.05, 0.1) is 24.9 Å². The van der Waals surface area contributed by atoms with Gasteiger partial charge in [0.25, 0.3) is 0 Å². The maximum atomic E-state index is 12.4. The van der Waals surface area contributed by atoms with Crippen LogP contribution in [0.2, 0.25) is 0 Å². The highest BCUT2D eigenvalue weighted by molar-refractivity contribution is 5.89. The topological polar surface area (TPSA) is 55.8 Å². The minimum Gasteiger partial charge on any atom is -0.462 e. The summed E-state index contributed by atoms with van der Waals surface area (Å²) in [4.78, 5) is 12.4. The molecule has 36 heavy (non-hydrogen) atoms. The van der Waals surface area contributed by atoms with Crippen LogP contribution in [0.3, 0.4) is 0 Å². The Kier molecular flexibility index (Phi) is 7.26.